The number of rotatable bonds is 2. The molecule has 2 rings (SSSR count). The summed E-state index contributed by atoms with van der Waals surface area (Å²) in [5.41, 5.74) is 1.66. The number of amides is 1. The van der Waals surface area contributed by atoms with Gasteiger partial charge in [0.15, 0.2) is 0 Å². The van der Waals surface area contributed by atoms with Crippen LogP contribution >= 0.6 is 0 Å². The molecular formula is C12H17N3O. The van der Waals surface area contributed by atoms with Crippen LogP contribution in [-0.2, 0) is 4.79 Å². The molecule has 1 saturated heterocycles. The van der Waals surface area contributed by atoms with Gasteiger partial charge in [-0.1, -0.05) is 6.42 Å². The number of aryl methyl sites for hydroxylation is 1. The van der Waals surface area contributed by atoms with E-state index in [1.807, 2.05) is 19.1 Å². The fraction of sp³-hybridized carbons (Fsp3) is 0.500. The van der Waals surface area contributed by atoms with Gasteiger partial charge in [0, 0.05) is 6.20 Å². The van der Waals surface area contributed by atoms with E-state index in [4.69, 9.17) is 0 Å². The first-order chi connectivity index (χ1) is 7.77. The van der Waals surface area contributed by atoms with Gasteiger partial charge in [-0.05, 0) is 38.4 Å². The van der Waals surface area contributed by atoms with Crippen LogP contribution in [0.4, 0.5) is 5.69 Å². The molecule has 0 aromatic carbocycles. The first kappa shape index (κ1) is 11.1. The number of hydrogen-bond acceptors (Lipinski definition) is 3. The fourth-order valence-electron chi connectivity index (χ4n) is 1.91. The summed E-state index contributed by atoms with van der Waals surface area (Å²) < 4.78 is 0. The highest BCUT2D eigenvalue weighted by molar-refractivity contribution is 5.95. The third-order valence-corrected chi connectivity index (χ3v) is 2.89. The van der Waals surface area contributed by atoms with Crippen molar-refractivity contribution < 1.29 is 4.79 Å². The minimum atomic E-state index is -0.0478. The second kappa shape index (κ2) is 5.07. The van der Waals surface area contributed by atoms with Gasteiger partial charge in [-0.3, -0.25) is 9.78 Å². The van der Waals surface area contributed by atoms with Crippen molar-refractivity contribution in [2.75, 3.05) is 11.9 Å². The highest BCUT2D eigenvalue weighted by Crippen LogP contribution is 2.13. The normalized spacial score (nSPS) is 20.4. The number of aromatic nitrogens is 1. The Morgan fingerprint density at radius 1 is 1.56 bits per heavy atom. The van der Waals surface area contributed by atoms with Crippen LogP contribution in [0.2, 0.25) is 0 Å². The maximum Gasteiger partial charge on any atom is 0.241 e. The lowest BCUT2D eigenvalue weighted by Crippen LogP contribution is -2.43. The van der Waals surface area contributed by atoms with Gasteiger partial charge in [-0.2, -0.15) is 0 Å². The number of nitrogens with one attached hydrogen (secondary N) is 2. The van der Waals surface area contributed by atoms with E-state index in [0.717, 1.165) is 37.2 Å². The van der Waals surface area contributed by atoms with Gasteiger partial charge in [0.1, 0.15) is 0 Å². The molecule has 4 nitrogen and oxygen atoms in total. The predicted molar refractivity (Wildman–Crippen MR) is 63.2 cm³/mol. The second-order valence-corrected chi connectivity index (χ2v) is 4.13. The molecule has 2 heterocycles. The fourth-order valence-corrected chi connectivity index (χ4v) is 1.91. The van der Waals surface area contributed by atoms with Crippen LogP contribution in [0.15, 0.2) is 18.3 Å². The Bertz CT molecular complexity index is 372. The Morgan fingerprint density at radius 3 is 3.12 bits per heavy atom. The lowest BCUT2D eigenvalue weighted by molar-refractivity contribution is -0.118. The van der Waals surface area contributed by atoms with E-state index in [1.54, 1.807) is 6.20 Å². The zero-order valence-corrected chi connectivity index (χ0v) is 9.49. The van der Waals surface area contributed by atoms with Crippen LogP contribution in [0.1, 0.15) is 25.0 Å². The molecule has 0 saturated carbocycles. The van der Waals surface area contributed by atoms with Gasteiger partial charge < -0.3 is 10.6 Å². The van der Waals surface area contributed by atoms with Crippen molar-refractivity contribution in [1.29, 1.82) is 0 Å². The molecule has 86 valence electrons. The molecule has 0 radical (unpaired) electrons. The number of anilines is 1. The number of hydrogen-bond donors (Lipinski definition) is 2. The van der Waals surface area contributed by atoms with Crippen molar-refractivity contribution in [1.82, 2.24) is 10.3 Å². The molecule has 1 atom stereocenters. The van der Waals surface area contributed by atoms with E-state index < -0.39 is 0 Å². The van der Waals surface area contributed by atoms with Crippen LogP contribution in [0, 0.1) is 6.92 Å². The SMILES string of the molecule is Cc1ncccc1NC(=O)[C@@H]1CCCCN1. The summed E-state index contributed by atoms with van der Waals surface area (Å²) in [6, 6.07) is 3.66. The van der Waals surface area contributed by atoms with E-state index in [2.05, 4.69) is 15.6 Å². The van der Waals surface area contributed by atoms with Crippen molar-refractivity contribution in [2.24, 2.45) is 0 Å². The first-order valence-corrected chi connectivity index (χ1v) is 5.73. The van der Waals surface area contributed by atoms with Crippen LogP contribution in [0.5, 0.6) is 0 Å². The quantitative estimate of drug-likeness (QED) is 0.792. The molecule has 4 heteroatoms. The summed E-state index contributed by atoms with van der Waals surface area (Å²) in [5, 5.41) is 6.14. The highest BCUT2D eigenvalue weighted by atomic mass is 16.2. The molecule has 0 aliphatic carbocycles. The monoisotopic (exact) mass is 219 g/mol. The Balaban J connectivity index is 1.99. The molecule has 1 amide bonds. The number of carbonyl (C=O) groups is 1. The van der Waals surface area contributed by atoms with E-state index in [9.17, 15) is 4.79 Å². The molecule has 16 heavy (non-hydrogen) atoms. The number of carbonyl (C=O) groups excluding carboxylic acids is 1. The van der Waals surface area contributed by atoms with Gasteiger partial charge >= 0.3 is 0 Å². The summed E-state index contributed by atoms with van der Waals surface area (Å²) in [4.78, 5) is 16.1. The zero-order chi connectivity index (χ0) is 11.4. The summed E-state index contributed by atoms with van der Waals surface area (Å²) >= 11 is 0. The third-order valence-electron chi connectivity index (χ3n) is 2.89. The van der Waals surface area contributed by atoms with Crippen molar-refractivity contribution in [2.45, 2.75) is 32.2 Å². The van der Waals surface area contributed by atoms with Gasteiger partial charge in [0.05, 0.1) is 17.4 Å². The minimum Gasteiger partial charge on any atom is -0.323 e. The molecule has 0 spiro atoms. The summed E-state index contributed by atoms with van der Waals surface area (Å²) in [6.45, 7) is 2.83. The zero-order valence-electron chi connectivity index (χ0n) is 9.49. The third kappa shape index (κ3) is 2.58. The van der Waals surface area contributed by atoms with E-state index >= 15 is 0 Å². The molecule has 2 N–H and O–H groups in total. The first-order valence-electron chi connectivity index (χ1n) is 5.73. The lowest BCUT2D eigenvalue weighted by atomic mass is 10.0. The molecule has 1 aromatic heterocycles. The van der Waals surface area contributed by atoms with Crippen molar-refractivity contribution in [3.05, 3.63) is 24.0 Å². The second-order valence-electron chi connectivity index (χ2n) is 4.13. The van der Waals surface area contributed by atoms with Crippen molar-refractivity contribution >= 4 is 11.6 Å². The maximum atomic E-state index is 11.9. The molecule has 1 aliphatic rings. The van der Waals surface area contributed by atoms with Crippen LogP contribution in [0.3, 0.4) is 0 Å². The van der Waals surface area contributed by atoms with Gasteiger partial charge in [0.2, 0.25) is 5.91 Å². The van der Waals surface area contributed by atoms with Crippen LogP contribution in [0.25, 0.3) is 0 Å². The average Bonchev–Trinajstić information content (AvgIpc) is 2.33. The standard InChI is InChI=1S/C12H17N3O/c1-9-10(6-4-8-13-9)15-12(16)11-5-2-3-7-14-11/h4,6,8,11,14H,2-3,5,7H2,1H3,(H,15,16)/t11-/m0/s1. The number of piperidine rings is 1. The molecule has 0 unspecified atom stereocenters. The molecule has 1 aromatic rings. The minimum absolute atomic E-state index is 0.0478. The molecular weight excluding hydrogens is 202 g/mol. The molecule has 1 fully saturated rings. The van der Waals surface area contributed by atoms with Crippen LogP contribution < -0.4 is 10.6 Å². The Morgan fingerprint density at radius 2 is 2.44 bits per heavy atom. The number of nitrogens with zero attached hydrogens (tertiary/aromatic N) is 1. The van der Waals surface area contributed by atoms with Crippen molar-refractivity contribution in [3.8, 4) is 0 Å². The average molecular weight is 219 g/mol. The Labute approximate surface area is 95.5 Å². The summed E-state index contributed by atoms with van der Waals surface area (Å²) in [5.74, 6) is 0.0517. The lowest BCUT2D eigenvalue weighted by Gasteiger charge is -2.22. The largest absolute Gasteiger partial charge is 0.323 e. The van der Waals surface area contributed by atoms with Gasteiger partial charge in [-0.15, -0.1) is 0 Å². The van der Waals surface area contributed by atoms with E-state index in [0.29, 0.717) is 0 Å². The van der Waals surface area contributed by atoms with E-state index in [1.165, 1.54) is 0 Å². The highest BCUT2D eigenvalue weighted by Gasteiger charge is 2.20. The maximum absolute atomic E-state index is 11.9. The topological polar surface area (TPSA) is 54.0 Å². The van der Waals surface area contributed by atoms with E-state index in [-0.39, 0.29) is 11.9 Å². The molecule has 0 bridgehead atoms. The van der Waals surface area contributed by atoms with Gasteiger partial charge in [0.25, 0.3) is 0 Å². The Kier molecular flexibility index (Phi) is 3.51. The summed E-state index contributed by atoms with van der Waals surface area (Å²) in [6.07, 6.45) is 4.93. The molecule has 1 aliphatic heterocycles. The summed E-state index contributed by atoms with van der Waals surface area (Å²) in [7, 11) is 0. The predicted octanol–water partition coefficient (Wildman–Crippen LogP) is 1.47. The smallest absolute Gasteiger partial charge is 0.241 e. The van der Waals surface area contributed by atoms with Gasteiger partial charge in [-0.25, -0.2) is 0 Å². The van der Waals surface area contributed by atoms with Crippen LogP contribution in [-0.4, -0.2) is 23.5 Å². The Hall–Kier alpha value is -1.42. The number of pyridine rings is 1. The van der Waals surface area contributed by atoms with Crippen molar-refractivity contribution in [3.63, 3.8) is 0 Å².